The van der Waals surface area contributed by atoms with E-state index in [-0.39, 0.29) is 0 Å². The number of carbonyl (C=O) groups is 2. The maximum atomic E-state index is 10.6. The highest BCUT2D eigenvalue weighted by Gasteiger charge is 1.98. The molecule has 0 fully saturated rings. The van der Waals surface area contributed by atoms with Gasteiger partial charge in [-0.25, -0.2) is 0 Å². The van der Waals surface area contributed by atoms with Crippen molar-refractivity contribution in [1.82, 2.24) is 0 Å². The molecule has 6 heteroatoms. The quantitative estimate of drug-likeness (QED) is 0.486. The topological polar surface area (TPSA) is 81.7 Å². The van der Waals surface area contributed by atoms with Crippen molar-refractivity contribution in [1.29, 1.82) is 10.5 Å². The Morgan fingerprint density at radius 2 is 1.33 bits per heavy atom. The van der Waals surface area contributed by atoms with Gasteiger partial charge in [0.05, 0.1) is 0 Å². The van der Waals surface area contributed by atoms with E-state index in [2.05, 4.69) is 0 Å². The van der Waals surface area contributed by atoms with E-state index >= 15 is 0 Å². The number of thioether (sulfide) groups is 2. The zero-order chi connectivity index (χ0) is 9.40. The fourth-order valence-electron chi connectivity index (χ4n) is 0.294. The summed E-state index contributed by atoms with van der Waals surface area (Å²) in [6.45, 7) is 0. The van der Waals surface area contributed by atoms with Gasteiger partial charge in [0.25, 0.3) is 0 Å². The average molecular weight is 198 g/mol. The number of carbonyl (C=O) groups excluding carboxylic acids is 2. The van der Waals surface area contributed by atoms with Crippen LogP contribution in [0.1, 0.15) is 0 Å². The summed E-state index contributed by atoms with van der Waals surface area (Å²) in [6, 6.07) is 0. The van der Waals surface area contributed by atoms with Crippen LogP contribution in [0.25, 0.3) is 0 Å². The molecule has 0 atom stereocenters. The lowest BCUT2D eigenvalue weighted by Crippen LogP contribution is -1.86. The number of nitriles is 2. The lowest BCUT2D eigenvalue weighted by atomic mass is 10.5. The molecule has 0 rings (SSSR count). The Bertz CT molecular complexity index is 268. The Morgan fingerprint density at radius 3 is 1.58 bits per heavy atom. The van der Waals surface area contributed by atoms with Crippen molar-refractivity contribution in [2.75, 3.05) is 0 Å². The first-order chi connectivity index (χ1) is 5.70. The summed E-state index contributed by atoms with van der Waals surface area (Å²) in [4.78, 5) is 21.1. The monoisotopic (exact) mass is 198 g/mol. The molecule has 0 saturated carbocycles. The van der Waals surface area contributed by atoms with E-state index in [1.54, 1.807) is 10.8 Å². The molecule has 0 amide bonds. The van der Waals surface area contributed by atoms with E-state index in [0.29, 0.717) is 23.5 Å². The van der Waals surface area contributed by atoms with Crippen molar-refractivity contribution in [3.8, 4) is 10.8 Å². The minimum Gasteiger partial charge on any atom is -0.281 e. The average Bonchev–Trinajstić information content (AvgIpc) is 2.02. The highest BCUT2D eigenvalue weighted by molar-refractivity contribution is 8.18. The van der Waals surface area contributed by atoms with Crippen LogP contribution < -0.4 is 0 Å². The molecule has 0 unspecified atom stereocenters. The minimum absolute atomic E-state index is 0.427. The van der Waals surface area contributed by atoms with E-state index in [0.717, 1.165) is 12.2 Å². The van der Waals surface area contributed by atoms with Gasteiger partial charge in [-0.2, -0.15) is 10.5 Å². The van der Waals surface area contributed by atoms with Crippen LogP contribution in [0.5, 0.6) is 0 Å². The fraction of sp³-hybridized carbons (Fsp3) is 0. The predicted octanol–water partition coefficient (Wildman–Crippen LogP) is 1.02. The molecule has 4 nitrogen and oxygen atoms in total. The molecule has 60 valence electrons. The van der Waals surface area contributed by atoms with Crippen LogP contribution in [-0.4, -0.2) is 10.2 Å². The molecule has 12 heavy (non-hydrogen) atoms. The Labute approximate surface area is 77.2 Å². The van der Waals surface area contributed by atoms with E-state index in [1.165, 1.54) is 0 Å². The second-order valence-corrected chi connectivity index (χ2v) is 2.94. The maximum Gasteiger partial charge on any atom is 0.226 e. The van der Waals surface area contributed by atoms with Crippen LogP contribution >= 0.6 is 23.5 Å². The zero-order valence-electron chi connectivity index (χ0n) is 5.68. The van der Waals surface area contributed by atoms with Gasteiger partial charge in [0.1, 0.15) is 10.8 Å². The summed E-state index contributed by atoms with van der Waals surface area (Å²) in [7, 11) is 0. The molecule has 0 bridgehead atoms. The first kappa shape index (κ1) is 10.8. The molecule has 0 heterocycles. The highest BCUT2D eigenvalue weighted by atomic mass is 32.2. The highest BCUT2D eigenvalue weighted by Crippen LogP contribution is 2.03. The molecule has 0 saturated heterocycles. The van der Waals surface area contributed by atoms with Crippen LogP contribution in [0.15, 0.2) is 12.2 Å². The molecule has 0 aliphatic carbocycles. The molecule has 0 radical (unpaired) electrons. The second-order valence-electron chi connectivity index (χ2n) is 1.36. The third kappa shape index (κ3) is 5.54. The zero-order valence-corrected chi connectivity index (χ0v) is 7.32. The summed E-state index contributed by atoms with van der Waals surface area (Å²) >= 11 is 0.854. The van der Waals surface area contributed by atoms with Gasteiger partial charge < -0.3 is 0 Å². The summed E-state index contributed by atoms with van der Waals surface area (Å²) in [5.41, 5.74) is 0. The summed E-state index contributed by atoms with van der Waals surface area (Å²) in [6.07, 6.45) is 1.92. The van der Waals surface area contributed by atoms with Gasteiger partial charge in [0.15, 0.2) is 0 Å². The van der Waals surface area contributed by atoms with Crippen molar-refractivity contribution in [3.05, 3.63) is 12.2 Å². The summed E-state index contributed by atoms with van der Waals surface area (Å²) in [5, 5.41) is 18.1. The molecule has 0 aliphatic heterocycles. The van der Waals surface area contributed by atoms with Crippen LogP contribution in [0, 0.1) is 21.3 Å². The number of hydrogen-bond acceptors (Lipinski definition) is 6. The molecule has 0 aromatic rings. The van der Waals surface area contributed by atoms with Gasteiger partial charge >= 0.3 is 0 Å². The van der Waals surface area contributed by atoms with Crippen LogP contribution in [0.3, 0.4) is 0 Å². The molecule has 0 aromatic heterocycles. The van der Waals surface area contributed by atoms with Gasteiger partial charge in [-0.15, -0.1) is 0 Å². The third-order valence-corrected chi connectivity index (χ3v) is 1.51. The van der Waals surface area contributed by atoms with E-state index < -0.39 is 10.2 Å². The number of rotatable bonds is 2. The standard InChI is InChI=1S/C6H2N2O2S2/c7-3-11-5(9)1-2-6(10)12-4-8/h1-2H/b2-1+. The Balaban J connectivity index is 3.93. The number of hydrogen-bond donors (Lipinski definition) is 0. The lowest BCUT2D eigenvalue weighted by molar-refractivity contribution is -0.109. The van der Waals surface area contributed by atoms with Gasteiger partial charge in [-0.3, -0.25) is 9.59 Å². The van der Waals surface area contributed by atoms with Gasteiger partial charge in [0, 0.05) is 23.5 Å². The first-order valence-corrected chi connectivity index (χ1v) is 4.22. The summed E-state index contributed by atoms with van der Waals surface area (Å²) in [5.74, 6) is 0. The molecular weight excluding hydrogens is 196 g/mol. The molecular formula is C6H2N2O2S2. The first-order valence-electron chi connectivity index (χ1n) is 2.58. The largest absolute Gasteiger partial charge is 0.281 e. The molecule has 0 spiro atoms. The van der Waals surface area contributed by atoms with Crippen molar-refractivity contribution in [2.24, 2.45) is 0 Å². The van der Waals surface area contributed by atoms with Gasteiger partial charge in [-0.05, 0) is 12.2 Å². The van der Waals surface area contributed by atoms with E-state index in [1.807, 2.05) is 0 Å². The molecule has 0 aromatic carbocycles. The van der Waals surface area contributed by atoms with Crippen molar-refractivity contribution >= 4 is 33.8 Å². The Morgan fingerprint density at radius 1 is 1.00 bits per heavy atom. The SMILES string of the molecule is N#CSC(=O)/C=C/C(=O)SC#N. The Kier molecular flexibility index (Phi) is 5.80. The van der Waals surface area contributed by atoms with E-state index in [4.69, 9.17) is 10.5 Å². The number of nitrogens with zero attached hydrogens (tertiary/aromatic N) is 2. The number of thiocyanates is 2. The minimum atomic E-state index is -0.524. The molecule has 0 aliphatic rings. The smallest absolute Gasteiger partial charge is 0.226 e. The van der Waals surface area contributed by atoms with Crippen LogP contribution in [-0.2, 0) is 9.59 Å². The van der Waals surface area contributed by atoms with Gasteiger partial charge in [-0.1, -0.05) is 0 Å². The lowest BCUT2D eigenvalue weighted by Gasteiger charge is -1.80. The van der Waals surface area contributed by atoms with Gasteiger partial charge in [0.2, 0.25) is 10.2 Å². The van der Waals surface area contributed by atoms with Crippen LogP contribution in [0.4, 0.5) is 0 Å². The fourth-order valence-corrected chi connectivity index (χ4v) is 0.746. The van der Waals surface area contributed by atoms with Crippen molar-refractivity contribution in [3.63, 3.8) is 0 Å². The van der Waals surface area contributed by atoms with Crippen LogP contribution in [0.2, 0.25) is 0 Å². The van der Waals surface area contributed by atoms with E-state index in [9.17, 15) is 9.59 Å². The normalized spacial score (nSPS) is 8.83. The third-order valence-electron chi connectivity index (χ3n) is 0.648. The van der Waals surface area contributed by atoms with Crippen molar-refractivity contribution in [2.45, 2.75) is 0 Å². The molecule has 0 N–H and O–H groups in total. The second kappa shape index (κ2) is 6.47. The maximum absolute atomic E-state index is 10.6. The Hall–Kier alpha value is -1.24. The van der Waals surface area contributed by atoms with Crippen molar-refractivity contribution < 1.29 is 9.59 Å². The summed E-state index contributed by atoms with van der Waals surface area (Å²) < 4.78 is 0. The predicted molar refractivity (Wildman–Crippen MR) is 45.6 cm³/mol.